The number of ether oxygens (including phenoxy) is 3. The van der Waals surface area contributed by atoms with Gasteiger partial charge in [-0.05, 0) is 39.3 Å². The third kappa shape index (κ3) is 3.49. The Morgan fingerprint density at radius 2 is 2.11 bits per heavy atom. The van der Waals surface area contributed by atoms with Crippen molar-refractivity contribution in [1.82, 2.24) is 0 Å². The van der Waals surface area contributed by atoms with Gasteiger partial charge in [0.25, 0.3) is 0 Å². The van der Waals surface area contributed by atoms with Crippen molar-refractivity contribution >= 4 is 17.7 Å². The van der Waals surface area contributed by atoms with Crippen molar-refractivity contribution in [3.05, 3.63) is 35.5 Å². The lowest BCUT2D eigenvalue weighted by atomic mass is 9.80. The van der Waals surface area contributed by atoms with Crippen LogP contribution in [-0.4, -0.2) is 52.8 Å². The van der Waals surface area contributed by atoms with Gasteiger partial charge in [-0.3, -0.25) is 4.79 Å². The van der Waals surface area contributed by atoms with Crippen LogP contribution in [0, 0.1) is 5.92 Å². The zero-order valence-corrected chi connectivity index (χ0v) is 15.9. The molecule has 3 rings (SSSR count). The van der Waals surface area contributed by atoms with E-state index >= 15 is 0 Å². The molecule has 2 saturated heterocycles. The molecule has 7 nitrogen and oxygen atoms in total. The summed E-state index contributed by atoms with van der Waals surface area (Å²) in [5, 5.41) is 10.9. The summed E-state index contributed by atoms with van der Waals surface area (Å²) in [5.41, 5.74) is -0.505. The molecule has 0 aromatic rings. The zero-order valence-electron chi connectivity index (χ0n) is 15.9. The van der Waals surface area contributed by atoms with Crippen molar-refractivity contribution in [2.45, 2.75) is 64.1 Å². The van der Waals surface area contributed by atoms with Gasteiger partial charge >= 0.3 is 11.9 Å². The van der Waals surface area contributed by atoms with Gasteiger partial charge < -0.3 is 19.3 Å². The molecule has 6 atom stereocenters. The fourth-order valence-electron chi connectivity index (χ4n) is 3.63. The van der Waals surface area contributed by atoms with Gasteiger partial charge in [-0.25, -0.2) is 9.59 Å². The molecular weight excluding hydrogens is 352 g/mol. The monoisotopic (exact) mass is 376 g/mol. The summed E-state index contributed by atoms with van der Waals surface area (Å²) in [4.78, 5) is 36.9. The van der Waals surface area contributed by atoms with E-state index < -0.39 is 47.9 Å². The number of carbonyl (C=O) groups excluding carboxylic acids is 3. The molecule has 1 N–H and O–H groups in total. The lowest BCUT2D eigenvalue weighted by Crippen LogP contribution is -2.44. The predicted molar refractivity (Wildman–Crippen MR) is 94.5 cm³/mol. The number of carbonyl (C=O) groups is 3. The van der Waals surface area contributed by atoms with Gasteiger partial charge in [0, 0.05) is 17.6 Å². The molecule has 0 saturated carbocycles. The second kappa shape index (κ2) is 6.73. The van der Waals surface area contributed by atoms with Gasteiger partial charge in [-0.15, -0.1) is 0 Å². The Kier molecular flexibility index (Phi) is 4.86. The van der Waals surface area contributed by atoms with Gasteiger partial charge in [0.15, 0.2) is 5.78 Å². The second-order valence-corrected chi connectivity index (χ2v) is 7.59. The van der Waals surface area contributed by atoms with E-state index in [1.165, 1.54) is 6.92 Å². The van der Waals surface area contributed by atoms with Crippen LogP contribution in [0.4, 0.5) is 0 Å². The average Bonchev–Trinajstić information content (AvgIpc) is 3.35. The summed E-state index contributed by atoms with van der Waals surface area (Å²) >= 11 is 0. The maximum atomic E-state index is 12.5. The van der Waals surface area contributed by atoms with Crippen LogP contribution < -0.4 is 0 Å². The summed E-state index contributed by atoms with van der Waals surface area (Å²) in [7, 11) is 0. The largest absolute Gasteiger partial charge is 0.458 e. The number of hydrogen-bond donors (Lipinski definition) is 1. The van der Waals surface area contributed by atoms with E-state index in [4.69, 9.17) is 14.2 Å². The van der Waals surface area contributed by atoms with E-state index in [-0.39, 0.29) is 17.8 Å². The summed E-state index contributed by atoms with van der Waals surface area (Å²) in [6.07, 6.45) is 0.0321. The normalized spacial score (nSPS) is 41.1. The number of Topliss-reactive ketones (excluding diaryl/α,β-unsaturated/α-hetero) is 1. The Labute approximate surface area is 157 Å². The maximum Gasteiger partial charge on any atom is 0.334 e. The Hall–Kier alpha value is -2.25. The first kappa shape index (κ1) is 19.5. The number of ketones is 1. The molecule has 0 aromatic heterocycles. The number of fused-ring (bicyclic) bond motifs is 2. The summed E-state index contributed by atoms with van der Waals surface area (Å²) in [6.45, 7) is 10.2. The Bertz CT molecular complexity index is 773. The molecule has 1 aliphatic carbocycles. The van der Waals surface area contributed by atoms with Gasteiger partial charge in [0.1, 0.15) is 24.4 Å². The number of allylic oxidation sites excluding steroid dienone is 1. The van der Waals surface area contributed by atoms with E-state index in [0.717, 1.165) is 0 Å². The molecule has 0 spiro atoms. The molecule has 0 radical (unpaired) electrons. The standard InChI is InChI=1S/C20H24O7/c1-6-9(2)18(22)26-13-8-20(5,24)17-16(27-17)15(21)10(3)7-12-14(13)11(4)19(23)25-12/h6-7,12-14,16-17,24H,4,8H2,1-3,5H3/b9-6+,10-7+/t12-,13+,14-,16-,17+,20+/m0/s1. The topological polar surface area (TPSA) is 102 Å². The fourth-order valence-corrected chi connectivity index (χ4v) is 3.63. The second-order valence-electron chi connectivity index (χ2n) is 7.59. The van der Waals surface area contributed by atoms with Crippen molar-refractivity contribution in [3.63, 3.8) is 0 Å². The maximum absolute atomic E-state index is 12.5. The smallest absolute Gasteiger partial charge is 0.334 e. The quantitative estimate of drug-likeness (QED) is 0.441. The summed E-state index contributed by atoms with van der Waals surface area (Å²) < 4.78 is 16.4. The molecule has 3 aliphatic rings. The first-order valence-corrected chi connectivity index (χ1v) is 8.91. The SMILES string of the molecule is C=C1C(=O)O[C@H]2/C=C(\C)C(=O)[C@@H]3O[C@H]3[C@](C)(O)C[C@@H](OC(=O)/C(C)=C/C)[C@@H]12. The molecule has 2 heterocycles. The third-order valence-electron chi connectivity index (χ3n) is 5.46. The van der Waals surface area contributed by atoms with Crippen molar-refractivity contribution < 1.29 is 33.7 Å². The number of esters is 2. The summed E-state index contributed by atoms with van der Waals surface area (Å²) in [6, 6.07) is 0. The van der Waals surface area contributed by atoms with Crippen molar-refractivity contribution in [1.29, 1.82) is 0 Å². The molecule has 0 amide bonds. The van der Waals surface area contributed by atoms with Crippen LogP contribution in [0.2, 0.25) is 0 Å². The lowest BCUT2D eigenvalue weighted by Gasteiger charge is -2.32. The minimum Gasteiger partial charge on any atom is -0.458 e. The Morgan fingerprint density at radius 3 is 2.74 bits per heavy atom. The number of hydrogen-bond acceptors (Lipinski definition) is 7. The Balaban J connectivity index is 2.03. The van der Waals surface area contributed by atoms with E-state index in [9.17, 15) is 19.5 Å². The highest BCUT2D eigenvalue weighted by atomic mass is 16.6. The molecule has 7 heteroatoms. The first-order valence-electron chi connectivity index (χ1n) is 8.91. The highest BCUT2D eigenvalue weighted by Gasteiger charge is 2.58. The highest BCUT2D eigenvalue weighted by molar-refractivity contribution is 6.01. The van der Waals surface area contributed by atoms with Gasteiger partial charge in [-0.2, -0.15) is 0 Å². The van der Waals surface area contributed by atoms with E-state index in [1.807, 2.05) is 0 Å². The van der Waals surface area contributed by atoms with Gasteiger partial charge in [-0.1, -0.05) is 12.7 Å². The fraction of sp³-hybridized carbons (Fsp3) is 0.550. The first-order chi connectivity index (χ1) is 12.6. The Morgan fingerprint density at radius 1 is 1.44 bits per heavy atom. The minimum absolute atomic E-state index is 0.0199. The van der Waals surface area contributed by atoms with Crippen LogP contribution in [0.15, 0.2) is 35.5 Å². The molecule has 2 fully saturated rings. The molecule has 2 aliphatic heterocycles. The number of epoxide rings is 1. The molecule has 0 unspecified atom stereocenters. The van der Waals surface area contributed by atoms with Gasteiger partial charge in [0.2, 0.25) is 0 Å². The molecule has 0 bridgehead atoms. The van der Waals surface area contributed by atoms with E-state index in [1.54, 1.807) is 32.9 Å². The van der Waals surface area contributed by atoms with Crippen LogP contribution >= 0.6 is 0 Å². The third-order valence-corrected chi connectivity index (χ3v) is 5.46. The van der Waals surface area contributed by atoms with Crippen molar-refractivity contribution in [3.8, 4) is 0 Å². The zero-order chi connectivity index (χ0) is 20.1. The van der Waals surface area contributed by atoms with Crippen LogP contribution in [0.5, 0.6) is 0 Å². The van der Waals surface area contributed by atoms with Crippen LogP contribution in [0.1, 0.15) is 34.1 Å². The highest BCUT2D eigenvalue weighted by Crippen LogP contribution is 2.43. The predicted octanol–water partition coefficient (Wildman–Crippen LogP) is 1.40. The van der Waals surface area contributed by atoms with Crippen molar-refractivity contribution in [2.75, 3.05) is 0 Å². The average molecular weight is 376 g/mol. The van der Waals surface area contributed by atoms with Crippen LogP contribution in [-0.2, 0) is 28.6 Å². The van der Waals surface area contributed by atoms with E-state index in [0.29, 0.717) is 11.1 Å². The number of aliphatic hydroxyl groups is 1. The van der Waals surface area contributed by atoms with Gasteiger partial charge in [0.05, 0.1) is 11.5 Å². The van der Waals surface area contributed by atoms with E-state index in [2.05, 4.69) is 6.58 Å². The number of rotatable bonds is 2. The van der Waals surface area contributed by atoms with Crippen molar-refractivity contribution in [2.24, 2.45) is 5.92 Å². The molecular formula is C20H24O7. The minimum atomic E-state index is -1.43. The molecule has 0 aromatic carbocycles. The molecule has 146 valence electrons. The van der Waals surface area contributed by atoms with Crippen LogP contribution in [0.25, 0.3) is 0 Å². The molecule has 27 heavy (non-hydrogen) atoms. The van der Waals surface area contributed by atoms with Crippen LogP contribution in [0.3, 0.4) is 0 Å². The lowest BCUT2D eigenvalue weighted by molar-refractivity contribution is -0.151. The summed E-state index contributed by atoms with van der Waals surface area (Å²) in [5.74, 6) is -2.11.